The minimum atomic E-state index is -3.85. The third-order valence-electron chi connectivity index (χ3n) is 4.99. The van der Waals surface area contributed by atoms with Crippen molar-refractivity contribution in [3.05, 3.63) is 70.6 Å². The van der Waals surface area contributed by atoms with Gasteiger partial charge in [-0.15, -0.1) is 0 Å². The first kappa shape index (κ1) is 18.7. The smallest absolute Gasteiger partial charge is 0.268 e. The first-order chi connectivity index (χ1) is 13.6. The van der Waals surface area contributed by atoms with E-state index in [-0.39, 0.29) is 9.80 Å². The number of carbonyl (C=O) groups excluding carboxylic acids is 1. The molecule has 7 heteroatoms. The van der Waals surface area contributed by atoms with Crippen LogP contribution >= 0.6 is 0 Å². The lowest BCUT2D eigenvalue weighted by molar-refractivity contribution is -0.130. The monoisotopic (exact) mass is 398 g/mol. The van der Waals surface area contributed by atoms with Crippen molar-refractivity contribution in [2.75, 3.05) is 32.8 Å². The second-order valence-corrected chi connectivity index (χ2v) is 8.63. The van der Waals surface area contributed by atoms with Crippen LogP contribution in [0.2, 0.25) is 0 Å². The van der Waals surface area contributed by atoms with Crippen LogP contribution in [-0.4, -0.2) is 52.1 Å². The third-order valence-corrected chi connectivity index (χ3v) is 6.84. The van der Waals surface area contributed by atoms with Gasteiger partial charge in [0.2, 0.25) is 9.84 Å². The molecular weight excluding hydrogens is 376 g/mol. The lowest BCUT2D eigenvalue weighted by Gasteiger charge is -2.27. The van der Waals surface area contributed by atoms with Crippen LogP contribution in [0, 0.1) is 0 Å². The van der Waals surface area contributed by atoms with E-state index in [1.165, 1.54) is 0 Å². The quantitative estimate of drug-likeness (QED) is 0.832. The number of benzene rings is 2. The predicted molar refractivity (Wildman–Crippen MR) is 106 cm³/mol. The molecule has 2 aromatic rings. The van der Waals surface area contributed by atoms with Crippen molar-refractivity contribution >= 4 is 21.4 Å². The topological polar surface area (TPSA) is 75.7 Å². The number of carbonyl (C=O) groups is 1. The average molecular weight is 398 g/mol. The Kier molecular flexibility index (Phi) is 5.19. The maximum atomic E-state index is 13.1. The summed E-state index contributed by atoms with van der Waals surface area (Å²) in [6.07, 6.45) is 0.728. The number of ether oxygens (including phenoxy) is 1. The van der Waals surface area contributed by atoms with E-state index in [1.54, 1.807) is 29.2 Å². The van der Waals surface area contributed by atoms with Gasteiger partial charge in [0.05, 0.1) is 23.8 Å². The van der Waals surface area contributed by atoms with E-state index in [0.29, 0.717) is 44.1 Å². The van der Waals surface area contributed by atoms with Crippen LogP contribution in [0.25, 0.3) is 5.70 Å². The van der Waals surface area contributed by atoms with E-state index < -0.39 is 15.7 Å². The molecule has 2 heterocycles. The van der Waals surface area contributed by atoms with Crippen molar-refractivity contribution in [3.63, 3.8) is 0 Å². The maximum Gasteiger partial charge on any atom is 0.268 e. The highest BCUT2D eigenvalue weighted by molar-refractivity contribution is 7.97. The number of nitrogens with one attached hydrogen (secondary N) is 1. The third kappa shape index (κ3) is 3.43. The van der Waals surface area contributed by atoms with Crippen LogP contribution in [0.5, 0.6) is 0 Å². The zero-order chi connectivity index (χ0) is 19.6. The number of sulfone groups is 1. The summed E-state index contributed by atoms with van der Waals surface area (Å²) in [4.78, 5) is 14.7. The van der Waals surface area contributed by atoms with Gasteiger partial charge in [0.1, 0.15) is 0 Å². The Morgan fingerprint density at radius 1 is 1.00 bits per heavy atom. The molecule has 0 saturated carbocycles. The van der Waals surface area contributed by atoms with Crippen LogP contribution < -0.4 is 5.32 Å². The summed E-state index contributed by atoms with van der Waals surface area (Å²) in [6.45, 7) is 2.16. The van der Waals surface area contributed by atoms with Crippen LogP contribution in [0.1, 0.15) is 11.1 Å². The zero-order valence-corrected chi connectivity index (χ0v) is 16.2. The number of rotatable bonds is 5. The van der Waals surface area contributed by atoms with E-state index in [2.05, 4.69) is 5.32 Å². The second kappa shape index (κ2) is 7.77. The maximum absolute atomic E-state index is 13.1. The molecule has 1 amide bonds. The molecule has 28 heavy (non-hydrogen) atoms. The zero-order valence-electron chi connectivity index (χ0n) is 15.4. The van der Waals surface area contributed by atoms with Crippen LogP contribution in [-0.2, 0) is 25.8 Å². The Morgan fingerprint density at radius 3 is 2.43 bits per heavy atom. The molecule has 2 aromatic carbocycles. The molecule has 0 bridgehead atoms. The molecular formula is C21H22N2O4S. The second-order valence-electron chi connectivity index (χ2n) is 6.77. The molecule has 0 aromatic heterocycles. The van der Waals surface area contributed by atoms with Crippen molar-refractivity contribution in [2.24, 2.45) is 0 Å². The average Bonchev–Trinajstić information content (AvgIpc) is 2.96. The molecule has 2 aliphatic heterocycles. The number of hydrogen-bond acceptors (Lipinski definition) is 5. The first-order valence-electron chi connectivity index (χ1n) is 9.32. The van der Waals surface area contributed by atoms with Crippen molar-refractivity contribution in [1.29, 1.82) is 0 Å². The van der Waals surface area contributed by atoms with Gasteiger partial charge in [-0.05, 0) is 18.1 Å². The molecule has 1 N–H and O–H groups in total. The summed E-state index contributed by atoms with van der Waals surface area (Å²) in [5.41, 5.74) is 2.11. The van der Waals surface area contributed by atoms with Crippen LogP contribution in [0.3, 0.4) is 0 Å². The van der Waals surface area contributed by atoms with Gasteiger partial charge in [-0.1, -0.05) is 48.5 Å². The summed E-state index contributed by atoms with van der Waals surface area (Å²) in [7, 11) is -3.85. The van der Waals surface area contributed by atoms with Crippen molar-refractivity contribution in [1.82, 2.24) is 10.2 Å². The van der Waals surface area contributed by atoms with Gasteiger partial charge in [-0.2, -0.15) is 0 Å². The van der Waals surface area contributed by atoms with Crippen molar-refractivity contribution in [3.8, 4) is 0 Å². The molecule has 2 aliphatic rings. The summed E-state index contributed by atoms with van der Waals surface area (Å²) in [5, 5.41) is 3.23. The van der Waals surface area contributed by atoms with Gasteiger partial charge in [0.25, 0.3) is 5.91 Å². The molecule has 146 valence electrons. The van der Waals surface area contributed by atoms with Gasteiger partial charge in [0.15, 0.2) is 4.91 Å². The lowest BCUT2D eigenvalue weighted by Crippen LogP contribution is -2.42. The Bertz CT molecular complexity index is 1010. The minimum absolute atomic E-state index is 0.149. The Morgan fingerprint density at radius 2 is 1.68 bits per heavy atom. The molecule has 0 spiro atoms. The summed E-state index contributed by atoms with van der Waals surface area (Å²) < 4.78 is 31.6. The molecule has 6 nitrogen and oxygen atoms in total. The summed E-state index contributed by atoms with van der Waals surface area (Å²) in [5.74, 6) is -0.457. The Balaban J connectivity index is 1.66. The highest BCUT2D eigenvalue weighted by Crippen LogP contribution is 2.38. The number of amides is 1. The van der Waals surface area contributed by atoms with Crippen molar-refractivity contribution in [2.45, 2.75) is 11.3 Å². The number of morpholine rings is 1. The molecule has 4 rings (SSSR count). The van der Waals surface area contributed by atoms with E-state index in [4.69, 9.17) is 4.74 Å². The number of nitrogens with zero attached hydrogens (tertiary/aromatic N) is 1. The highest BCUT2D eigenvalue weighted by atomic mass is 32.2. The molecule has 0 radical (unpaired) electrons. The van der Waals surface area contributed by atoms with Crippen LogP contribution in [0.4, 0.5) is 0 Å². The molecule has 0 unspecified atom stereocenters. The fourth-order valence-corrected chi connectivity index (χ4v) is 5.31. The fourth-order valence-electron chi connectivity index (χ4n) is 3.56. The molecule has 0 aliphatic carbocycles. The van der Waals surface area contributed by atoms with Crippen LogP contribution in [0.15, 0.2) is 64.4 Å². The van der Waals surface area contributed by atoms with E-state index in [9.17, 15) is 13.2 Å². The first-order valence-corrected chi connectivity index (χ1v) is 10.8. The Hall–Kier alpha value is -2.64. The van der Waals surface area contributed by atoms with E-state index >= 15 is 0 Å². The SMILES string of the molecule is O=C(C1=C(NCCc2ccccc2)c2ccccc2S1(=O)=O)N1CCOCC1. The van der Waals surface area contributed by atoms with E-state index in [1.807, 2.05) is 30.3 Å². The Labute approximate surface area is 164 Å². The minimum Gasteiger partial charge on any atom is -0.383 e. The summed E-state index contributed by atoms with van der Waals surface area (Å²) >= 11 is 0. The molecule has 0 atom stereocenters. The number of fused-ring (bicyclic) bond motifs is 1. The fraction of sp³-hybridized carbons (Fsp3) is 0.286. The standard InChI is InChI=1S/C21H22N2O4S/c24-21(23-12-14-27-15-13-23)20-19(22-11-10-16-6-2-1-3-7-16)17-8-4-5-9-18(17)28(20,25)26/h1-9,22H,10-15H2. The van der Waals surface area contributed by atoms with Crippen molar-refractivity contribution < 1.29 is 17.9 Å². The normalized spacial score (nSPS) is 18.1. The largest absolute Gasteiger partial charge is 0.383 e. The van der Waals surface area contributed by atoms with Gasteiger partial charge in [0, 0.05) is 25.2 Å². The van der Waals surface area contributed by atoms with Gasteiger partial charge in [-0.3, -0.25) is 4.79 Å². The predicted octanol–water partition coefficient (Wildman–Crippen LogP) is 1.83. The van der Waals surface area contributed by atoms with Gasteiger partial charge in [-0.25, -0.2) is 8.42 Å². The van der Waals surface area contributed by atoms with Gasteiger partial charge < -0.3 is 15.0 Å². The highest BCUT2D eigenvalue weighted by Gasteiger charge is 2.41. The van der Waals surface area contributed by atoms with E-state index in [0.717, 1.165) is 12.0 Å². The summed E-state index contributed by atoms with van der Waals surface area (Å²) in [6, 6.07) is 16.7. The molecule has 1 fully saturated rings. The van der Waals surface area contributed by atoms with Gasteiger partial charge >= 0.3 is 0 Å². The molecule has 1 saturated heterocycles. The lowest BCUT2D eigenvalue weighted by atomic mass is 10.1. The number of hydrogen-bond donors (Lipinski definition) is 1.